The number of para-hydroxylation sites is 1. The van der Waals surface area contributed by atoms with Gasteiger partial charge in [0.2, 0.25) is 0 Å². The number of halogens is 1. The van der Waals surface area contributed by atoms with Crippen LogP contribution in [0, 0.1) is 11.7 Å². The zero-order valence-corrected chi connectivity index (χ0v) is 9.48. The topological polar surface area (TPSA) is 50.2 Å². The molecule has 1 saturated carbocycles. The van der Waals surface area contributed by atoms with Crippen molar-refractivity contribution in [3.8, 4) is 0 Å². The molecule has 1 heterocycles. The van der Waals surface area contributed by atoms with Crippen LogP contribution in [0.2, 0.25) is 0 Å². The van der Waals surface area contributed by atoms with Gasteiger partial charge in [-0.2, -0.15) is 0 Å². The fourth-order valence-corrected chi connectivity index (χ4v) is 3.14. The van der Waals surface area contributed by atoms with Crippen LogP contribution < -0.4 is 0 Å². The van der Waals surface area contributed by atoms with E-state index in [1.807, 2.05) is 0 Å². The lowest BCUT2D eigenvalue weighted by Crippen LogP contribution is -2.07. The molecule has 2 aliphatic carbocycles. The molecule has 0 amide bonds. The monoisotopic (exact) mass is 243 g/mol. The number of carboxylic acids is 1. The number of aromatic carboxylic acids is 1. The number of hydrogen-bond donors (Lipinski definition) is 1. The first kappa shape index (κ1) is 10.00. The molecule has 1 fully saturated rings. The Hall–Kier alpha value is -1.97. The first-order chi connectivity index (χ1) is 8.66. The normalized spacial score (nSPS) is 23.8. The quantitative estimate of drug-likeness (QED) is 0.837. The summed E-state index contributed by atoms with van der Waals surface area (Å²) in [6.45, 7) is 0. The van der Waals surface area contributed by atoms with E-state index in [1.54, 1.807) is 6.07 Å². The summed E-state index contributed by atoms with van der Waals surface area (Å²) in [6, 6.07) is 4.50. The van der Waals surface area contributed by atoms with Crippen molar-refractivity contribution in [2.24, 2.45) is 5.92 Å². The first-order valence-electron chi connectivity index (χ1n) is 6.01. The zero-order chi connectivity index (χ0) is 12.4. The molecule has 1 aromatic carbocycles. The molecule has 4 rings (SSSR count). The molecule has 18 heavy (non-hydrogen) atoms. The number of hydrogen-bond acceptors (Lipinski definition) is 2. The van der Waals surface area contributed by atoms with Crippen LogP contribution in [0.15, 0.2) is 18.2 Å². The summed E-state index contributed by atoms with van der Waals surface area (Å²) in [4.78, 5) is 15.8. The summed E-state index contributed by atoms with van der Waals surface area (Å²) in [7, 11) is 0. The number of pyridine rings is 1. The Morgan fingerprint density at radius 3 is 3.06 bits per heavy atom. The number of carbonyl (C=O) groups is 1. The van der Waals surface area contributed by atoms with Crippen molar-refractivity contribution in [2.45, 2.75) is 18.8 Å². The maximum Gasteiger partial charge on any atom is 0.336 e. The smallest absolute Gasteiger partial charge is 0.336 e. The Bertz CT molecular complexity index is 710. The minimum atomic E-state index is -0.981. The lowest BCUT2D eigenvalue weighted by atomic mass is 9.99. The predicted octanol–water partition coefficient (Wildman–Crippen LogP) is 2.73. The molecular formula is C14H10FNO2. The van der Waals surface area contributed by atoms with E-state index in [4.69, 9.17) is 0 Å². The van der Waals surface area contributed by atoms with Gasteiger partial charge in [-0.25, -0.2) is 14.2 Å². The average Bonchev–Trinajstić information content (AvgIpc) is 3.00. The molecule has 0 aliphatic heterocycles. The Balaban J connectivity index is 2.16. The molecule has 90 valence electrons. The van der Waals surface area contributed by atoms with Gasteiger partial charge in [0, 0.05) is 17.0 Å². The zero-order valence-electron chi connectivity index (χ0n) is 9.48. The van der Waals surface area contributed by atoms with Crippen molar-refractivity contribution < 1.29 is 14.3 Å². The van der Waals surface area contributed by atoms with E-state index < -0.39 is 11.8 Å². The van der Waals surface area contributed by atoms with Crippen LogP contribution in [0.1, 0.15) is 34.0 Å². The van der Waals surface area contributed by atoms with E-state index >= 15 is 0 Å². The maximum atomic E-state index is 13.8. The molecule has 3 nitrogen and oxygen atoms in total. The van der Waals surface area contributed by atoms with Gasteiger partial charge in [-0.05, 0) is 30.4 Å². The van der Waals surface area contributed by atoms with E-state index in [-0.39, 0.29) is 11.1 Å². The van der Waals surface area contributed by atoms with Gasteiger partial charge >= 0.3 is 5.97 Å². The second-order valence-electron chi connectivity index (χ2n) is 5.10. The molecule has 0 radical (unpaired) electrons. The number of carboxylic acid groups (broad SMARTS) is 1. The van der Waals surface area contributed by atoms with Gasteiger partial charge in [0.15, 0.2) is 0 Å². The summed E-state index contributed by atoms with van der Waals surface area (Å²) in [5.74, 6) is -0.528. The van der Waals surface area contributed by atoms with E-state index in [0.717, 1.165) is 24.1 Å². The van der Waals surface area contributed by atoms with Crippen LogP contribution >= 0.6 is 0 Å². The van der Waals surface area contributed by atoms with Crippen molar-refractivity contribution >= 4 is 16.9 Å². The Morgan fingerprint density at radius 1 is 1.44 bits per heavy atom. The average molecular weight is 243 g/mol. The molecular weight excluding hydrogens is 233 g/mol. The Labute approximate surface area is 102 Å². The van der Waals surface area contributed by atoms with Crippen molar-refractivity contribution in [1.82, 2.24) is 4.98 Å². The van der Waals surface area contributed by atoms with Crippen LogP contribution in [0.5, 0.6) is 0 Å². The highest BCUT2D eigenvalue weighted by Crippen LogP contribution is 2.56. The minimum Gasteiger partial charge on any atom is -0.478 e. The van der Waals surface area contributed by atoms with E-state index in [2.05, 4.69) is 4.98 Å². The molecule has 1 aromatic heterocycles. The summed E-state index contributed by atoms with van der Waals surface area (Å²) in [5, 5.41) is 9.81. The molecule has 2 aliphatic rings. The highest BCUT2D eigenvalue weighted by atomic mass is 19.1. The third-order valence-corrected chi connectivity index (χ3v) is 4.05. The van der Waals surface area contributed by atoms with Gasteiger partial charge in [0.05, 0.1) is 5.56 Å². The molecule has 1 N–H and O–H groups in total. The molecule has 0 bridgehead atoms. The maximum absolute atomic E-state index is 13.8. The standard InChI is InChI=1S/C14H10FNO2/c15-10-3-1-2-7-11(14(17)18)9-5-6-4-8(6)12(9)16-13(7)10/h1-3,6,8H,4-5H2,(H,17,18). The molecule has 2 atom stereocenters. The van der Waals surface area contributed by atoms with Gasteiger partial charge in [-0.15, -0.1) is 0 Å². The predicted molar refractivity (Wildman–Crippen MR) is 63.2 cm³/mol. The third-order valence-electron chi connectivity index (χ3n) is 4.05. The number of benzene rings is 1. The van der Waals surface area contributed by atoms with Gasteiger partial charge in [-0.3, -0.25) is 0 Å². The van der Waals surface area contributed by atoms with Gasteiger partial charge in [-0.1, -0.05) is 12.1 Å². The van der Waals surface area contributed by atoms with Crippen LogP contribution in [0.4, 0.5) is 4.39 Å². The molecule has 4 heteroatoms. The van der Waals surface area contributed by atoms with E-state index in [0.29, 0.717) is 17.2 Å². The van der Waals surface area contributed by atoms with Crippen molar-refractivity contribution in [3.63, 3.8) is 0 Å². The third kappa shape index (κ3) is 1.12. The van der Waals surface area contributed by atoms with Gasteiger partial charge < -0.3 is 5.11 Å². The second-order valence-corrected chi connectivity index (χ2v) is 5.10. The van der Waals surface area contributed by atoms with Crippen LogP contribution in [-0.2, 0) is 6.42 Å². The summed E-state index contributed by atoms with van der Waals surface area (Å²) >= 11 is 0. The first-order valence-corrected chi connectivity index (χ1v) is 6.01. The minimum absolute atomic E-state index is 0.196. The van der Waals surface area contributed by atoms with Crippen molar-refractivity contribution in [2.75, 3.05) is 0 Å². The highest BCUT2D eigenvalue weighted by molar-refractivity contribution is 6.04. The summed E-state index contributed by atoms with van der Waals surface area (Å²) in [6.07, 6.45) is 1.85. The Kier molecular flexibility index (Phi) is 1.71. The van der Waals surface area contributed by atoms with Crippen molar-refractivity contribution in [1.29, 1.82) is 0 Å². The number of nitrogens with zero attached hydrogens (tertiary/aromatic N) is 1. The van der Waals surface area contributed by atoms with Crippen molar-refractivity contribution in [3.05, 3.63) is 40.8 Å². The number of rotatable bonds is 1. The summed E-state index contributed by atoms with van der Waals surface area (Å²) in [5.41, 5.74) is 2.08. The second kappa shape index (κ2) is 3.07. The fraction of sp³-hybridized carbons (Fsp3) is 0.286. The number of fused-ring (bicyclic) bond motifs is 4. The van der Waals surface area contributed by atoms with Crippen LogP contribution in [0.25, 0.3) is 10.9 Å². The fourth-order valence-electron chi connectivity index (χ4n) is 3.14. The highest BCUT2D eigenvalue weighted by Gasteiger charge is 2.48. The van der Waals surface area contributed by atoms with Gasteiger partial charge in [0.25, 0.3) is 0 Å². The summed E-state index contributed by atoms with van der Waals surface area (Å²) < 4.78 is 13.8. The molecule has 0 spiro atoms. The van der Waals surface area contributed by atoms with Crippen LogP contribution in [0.3, 0.4) is 0 Å². The lowest BCUT2D eigenvalue weighted by Gasteiger charge is -2.10. The SMILES string of the molecule is O=C(O)c1c2c(nc3c(F)cccc13)C1CC1C2. The van der Waals surface area contributed by atoms with E-state index in [1.165, 1.54) is 12.1 Å². The molecule has 2 aromatic rings. The molecule has 0 saturated heterocycles. The van der Waals surface area contributed by atoms with Crippen LogP contribution in [-0.4, -0.2) is 16.1 Å². The van der Waals surface area contributed by atoms with E-state index in [9.17, 15) is 14.3 Å². The largest absolute Gasteiger partial charge is 0.478 e. The Morgan fingerprint density at radius 2 is 2.28 bits per heavy atom. The van der Waals surface area contributed by atoms with Gasteiger partial charge in [0.1, 0.15) is 11.3 Å². The molecule has 2 unspecified atom stereocenters. The lowest BCUT2D eigenvalue weighted by molar-refractivity contribution is 0.0698. The number of aromatic nitrogens is 1.